The van der Waals surface area contributed by atoms with E-state index in [9.17, 15) is 9.59 Å². The normalized spacial score (nSPS) is 24.8. The Bertz CT molecular complexity index is 372. The molecular formula is C10H8O4S2. The third kappa shape index (κ3) is 1.40. The lowest BCUT2D eigenvalue weighted by molar-refractivity contribution is -0.121. The van der Waals surface area contributed by atoms with Crippen molar-refractivity contribution in [2.45, 2.75) is 0 Å². The molecule has 0 fully saturated rings. The van der Waals surface area contributed by atoms with Gasteiger partial charge in [-0.2, -0.15) is 0 Å². The number of carbonyl (C=O) groups excluding carboxylic acids is 2. The number of allylic oxidation sites excluding steroid dienone is 2. The molecular weight excluding hydrogens is 248 g/mol. The molecule has 0 amide bonds. The van der Waals surface area contributed by atoms with Gasteiger partial charge in [-0.05, 0) is 0 Å². The van der Waals surface area contributed by atoms with Gasteiger partial charge in [0, 0.05) is 11.5 Å². The van der Waals surface area contributed by atoms with E-state index in [-0.39, 0.29) is 23.1 Å². The summed E-state index contributed by atoms with van der Waals surface area (Å²) in [6.45, 7) is 0.941. The van der Waals surface area contributed by atoms with Crippen LogP contribution in [0.25, 0.3) is 0 Å². The Balaban J connectivity index is 2.08. The Morgan fingerprint density at radius 3 is 1.81 bits per heavy atom. The van der Waals surface area contributed by atoms with E-state index < -0.39 is 0 Å². The number of hydrogen-bond donors (Lipinski definition) is 0. The summed E-state index contributed by atoms with van der Waals surface area (Å²) in [4.78, 5) is 25.0. The molecule has 16 heavy (non-hydrogen) atoms. The molecule has 0 spiro atoms. The smallest absolute Gasteiger partial charge is 0.264 e. The third-order valence-electron chi connectivity index (χ3n) is 2.39. The van der Waals surface area contributed by atoms with Crippen molar-refractivity contribution in [2.75, 3.05) is 24.7 Å². The highest BCUT2D eigenvalue weighted by molar-refractivity contribution is 8.06. The van der Waals surface area contributed by atoms with Crippen LogP contribution in [0.1, 0.15) is 0 Å². The van der Waals surface area contributed by atoms with Gasteiger partial charge in [0.05, 0.1) is 13.2 Å². The van der Waals surface area contributed by atoms with Crippen LogP contribution in [0, 0.1) is 0 Å². The molecule has 0 bridgehead atoms. The summed E-state index contributed by atoms with van der Waals surface area (Å²) in [6, 6.07) is 0. The molecule has 6 heteroatoms. The van der Waals surface area contributed by atoms with E-state index in [4.69, 9.17) is 9.47 Å². The van der Waals surface area contributed by atoms with Crippen LogP contribution in [0.2, 0.25) is 0 Å². The largest absolute Gasteiger partial charge is 0.487 e. The maximum absolute atomic E-state index is 12.1. The van der Waals surface area contributed by atoms with Crippen molar-refractivity contribution in [1.82, 2.24) is 0 Å². The van der Waals surface area contributed by atoms with Gasteiger partial charge in [-0.3, -0.25) is 9.59 Å². The fraction of sp³-hybridized carbons (Fsp3) is 0.400. The molecule has 0 aromatic carbocycles. The fourth-order valence-corrected chi connectivity index (χ4v) is 3.56. The summed E-state index contributed by atoms with van der Waals surface area (Å²) in [5, 5.41) is 0. The summed E-state index contributed by atoms with van der Waals surface area (Å²) in [5.41, 5.74) is 0. The van der Waals surface area contributed by atoms with Gasteiger partial charge in [-0.15, -0.1) is 23.5 Å². The molecule has 3 rings (SSSR count). The van der Waals surface area contributed by atoms with Crippen LogP contribution >= 0.6 is 23.5 Å². The standard InChI is InChI=1S/C10H8O4S2/c11-5-7-9(15-3-1-13-7)6(12)10-8(5)14-2-4-16-10/h1-4H2. The molecule has 0 aromatic rings. The van der Waals surface area contributed by atoms with Gasteiger partial charge in [-0.25, -0.2) is 0 Å². The fourth-order valence-electron chi connectivity index (χ4n) is 1.72. The zero-order chi connectivity index (χ0) is 11.1. The van der Waals surface area contributed by atoms with Crippen LogP contribution in [0.15, 0.2) is 21.3 Å². The van der Waals surface area contributed by atoms with Crippen molar-refractivity contribution in [3.8, 4) is 0 Å². The quantitative estimate of drug-likeness (QED) is 0.605. The summed E-state index contributed by atoms with van der Waals surface area (Å²) < 4.78 is 10.6. The van der Waals surface area contributed by atoms with Crippen LogP contribution in [-0.4, -0.2) is 36.3 Å². The SMILES string of the molecule is O=C1C2=C(SCCO2)C(=O)C2=C1OCCS2. The molecule has 0 saturated carbocycles. The predicted octanol–water partition coefficient (Wildman–Crippen LogP) is 1.09. The van der Waals surface area contributed by atoms with Crippen LogP contribution in [0.5, 0.6) is 0 Å². The lowest BCUT2D eigenvalue weighted by atomic mass is 10.1. The van der Waals surface area contributed by atoms with Gasteiger partial charge >= 0.3 is 0 Å². The second-order valence-electron chi connectivity index (χ2n) is 3.37. The number of carbonyl (C=O) groups is 2. The zero-order valence-corrected chi connectivity index (χ0v) is 9.91. The lowest BCUT2D eigenvalue weighted by Gasteiger charge is -2.27. The van der Waals surface area contributed by atoms with Gasteiger partial charge in [0.1, 0.15) is 9.81 Å². The van der Waals surface area contributed by atoms with Crippen LogP contribution < -0.4 is 0 Å². The highest BCUT2D eigenvalue weighted by Crippen LogP contribution is 2.40. The Hall–Kier alpha value is -0.880. The van der Waals surface area contributed by atoms with Gasteiger partial charge in [-0.1, -0.05) is 0 Å². The Morgan fingerprint density at radius 2 is 1.31 bits per heavy atom. The molecule has 2 aliphatic heterocycles. The summed E-state index contributed by atoms with van der Waals surface area (Å²) in [5.74, 6) is 1.41. The molecule has 84 valence electrons. The second-order valence-corrected chi connectivity index (χ2v) is 5.58. The van der Waals surface area contributed by atoms with Gasteiger partial charge in [0.15, 0.2) is 11.5 Å². The molecule has 1 aliphatic carbocycles. The van der Waals surface area contributed by atoms with E-state index in [1.807, 2.05) is 0 Å². The average molecular weight is 256 g/mol. The van der Waals surface area contributed by atoms with E-state index in [0.717, 1.165) is 0 Å². The maximum atomic E-state index is 12.1. The maximum Gasteiger partial charge on any atom is 0.264 e. The molecule has 4 nitrogen and oxygen atoms in total. The summed E-state index contributed by atoms with van der Waals surface area (Å²) in [7, 11) is 0. The first-order valence-electron chi connectivity index (χ1n) is 4.88. The van der Waals surface area contributed by atoms with Gasteiger partial charge < -0.3 is 9.47 Å². The number of ether oxygens (including phenoxy) is 2. The van der Waals surface area contributed by atoms with Crippen LogP contribution in [0.3, 0.4) is 0 Å². The minimum absolute atomic E-state index is 0.112. The van der Waals surface area contributed by atoms with Crippen molar-refractivity contribution in [3.63, 3.8) is 0 Å². The summed E-state index contributed by atoms with van der Waals surface area (Å²) >= 11 is 2.79. The first-order chi connectivity index (χ1) is 7.79. The van der Waals surface area contributed by atoms with E-state index in [1.54, 1.807) is 0 Å². The molecule has 0 N–H and O–H groups in total. The number of rotatable bonds is 0. The highest BCUT2D eigenvalue weighted by atomic mass is 32.2. The average Bonchev–Trinajstić information content (AvgIpc) is 2.36. The molecule has 0 atom stereocenters. The second kappa shape index (κ2) is 3.85. The molecule has 0 aromatic heterocycles. The van der Waals surface area contributed by atoms with E-state index >= 15 is 0 Å². The first kappa shape index (κ1) is 10.3. The van der Waals surface area contributed by atoms with Crippen molar-refractivity contribution in [3.05, 3.63) is 21.3 Å². The molecule has 0 unspecified atom stereocenters. The van der Waals surface area contributed by atoms with Crippen LogP contribution in [-0.2, 0) is 19.1 Å². The third-order valence-corrected chi connectivity index (χ3v) is 4.45. The van der Waals surface area contributed by atoms with E-state index in [1.165, 1.54) is 23.5 Å². The van der Waals surface area contributed by atoms with Crippen molar-refractivity contribution < 1.29 is 19.1 Å². The van der Waals surface area contributed by atoms with E-state index in [2.05, 4.69) is 0 Å². The minimum atomic E-state index is -0.274. The number of thioether (sulfide) groups is 2. The van der Waals surface area contributed by atoms with Crippen molar-refractivity contribution in [2.24, 2.45) is 0 Å². The monoisotopic (exact) mass is 256 g/mol. The minimum Gasteiger partial charge on any atom is -0.487 e. The zero-order valence-electron chi connectivity index (χ0n) is 8.28. The first-order valence-corrected chi connectivity index (χ1v) is 6.85. The number of hydrogen-bond acceptors (Lipinski definition) is 6. The lowest BCUT2D eigenvalue weighted by Crippen LogP contribution is -2.30. The van der Waals surface area contributed by atoms with E-state index in [0.29, 0.717) is 34.5 Å². The number of ketones is 2. The summed E-state index contributed by atoms with van der Waals surface area (Å²) in [6.07, 6.45) is 0. The van der Waals surface area contributed by atoms with Gasteiger partial charge in [0.25, 0.3) is 5.78 Å². The topological polar surface area (TPSA) is 52.6 Å². The Morgan fingerprint density at radius 1 is 0.812 bits per heavy atom. The molecule has 0 saturated heterocycles. The molecule has 3 aliphatic rings. The molecule has 2 heterocycles. The van der Waals surface area contributed by atoms with Crippen molar-refractivity contribution in [1.29, 1.82) is 0 Å². The Labute approximate surface area is 100 Å². The van der Waals surface area contributed by atoms with Crippen molar-refractivity contribution >= 4 is 35.1 Å². The predicted molar refractivity (Wildman–Crippen MR) is 60.9 cm³/mol. The van der Waals surface area contributed by atoms with Gasteiger partial charge in [0.2, 0.25) is 5.78 Å². The number of Topliss-reactive ketones (excluding diaryl/α,β-unsaturated/α-hetero) is 2. The van der Waals surface area contributed by atoms with Crippen LogP contribution in [0.4, 0.5) is 0 Å². The highest BCUT2D eigenvalue weighted by Gasteiger charge is 2.40. The Kier molecular flexibility index (Phi) is 2.48. The molecule has 0 radical (unpaired) electrons.